The number of piperidine rings is 1. The van der Waals surface area contributed by atoms with E-state index in [0.717, 1.165) is 31.4 Å². The van der Waals surface area contributed by atoms with Crippen molar-refractivity contribution < 1.29 is 8.42 Å². The summed E-state index contributed by atoms with van der Waals surface area (Å²) in [6.45, 7) is 1.26. The molecule has 1 saturated heterocycles. The van der Waals surface area contributed by atoms with Gasteiger partial charge in [-0.3, -0.25) is 0 Å². The molecule has 3 rings (SSSR count). The number of hydrogen-bond acceptors (Lipinski definition) is 4. The summed E-state index contributed by atoms with van der Waals surface area (Å²) in [5.74, 6) is 1.09. The van der Waals surface area contributed by atoms with E-state index < -0.39 is 10.0 Å². The molecule has 0 radical (unpaired) electrons. The molecule has 0 amide bonds. The lowest BCUT2D eigenvalue weighted by atomic mass is 9.91. The van der Waals surface area contributed by atoms with Gasteiger partial charge in [-0.15, -0.1) is 0 Å². The highest BCUT2D eigenvalue weighted by atomic mass is 32.2. The van der Waals surface area contributed by atoms with Crippen molar-refractivity contribution in [3.8, 4) is 0 Å². The summed E-state index contributed by atoms with van der Waals surface area (Å²) in [5.41, 5.74) is 1.04. The molecule has 5 nitrogen and oxygen atoms in total. The van der Waals surface area contributed by atoms with Gasteiger partial charge in [-0.1, -0.05) is 19.3 Å². The normalized spacial score (nSPS) is 22.7. The average molecular weight is 323 g/mol. The topological polar surface area (TPSA) is 63.2 Å². The Morgan fingerprint density at radius 1 is 1.09 bits per heavy atom. The lowest BCUT2D eigenvalue weighted by Crippen LogP contribution is -2.40. The minimum absolute atomic E-state index is 0.352. The van der Waals surface area contributed by atoms with Crippen molar-refractivity contribution in [3.63, 3.8) is 0 Å². The van der Waals surface area contributed by atoms with E-state index in [1.54, 1.807) is 16.8 Å². The quantitative estimate of drug-likeness (QED) is 0.854. The Kier molecular flexibility index (Phi) is 5.08. The average Bonchev–Trinajstić information content (AvgIpc) is 2.56. The fraction of sp³-hybridized carbons (Fsp3) is 0.750. The molecule has 0 aromatic carbocycles. The smallest absolute Gasteiger partial charge is 0.214 e. The molecular weight excluding hydrogens is 298 g/mol. The molecule has 0 atom stereocenters. The Labute approximate surface area is 133 Å². The molecule has 22 heavy (non-hydrogen) atoms. The van der Waals surface area contributed by atoms with Crippen molar-refractivity contribution in [1.82, 2.24) is 14.3 Å². The van der Waals surface area contributed by atoms with Crippen LogP contribution in [0, 0.1) is 5.92 Å². The zero-order chi connectivity index (χ0) is 15.4. The van der Waals surface area contributed by atoms with Gasteiger partial charge in [0.1, 0.15) is 6.33 Å². The fourth-order valence-electron chi connectivity index (χ4n) is 3.73. The van der Waals surface area contributed by atoms with Gasteiger partial charge in [-0.05, 0) is 37.7 Å². The maximum Gasteiger partial charge on any atom is 0.214 e. The first kappa shape index (κ1) is 15.9. The van der Waals surface area contributed by atoms with E-state index in [2.05, 4.69) is 9.97 Å². The van der Waals surface area contributed by atoms with Gasteiger partial charge in [0.05, 0.1) is 5.75 Å². The van der Waals surface area contributed by atoms with Crippen molar-refractivity contribution >= 4 is 10.0 Å². The third-order valence-electron chi connectivity index (χ3n) is 5.04. The summed E-state index contributed by atoms with van der Waals surface area (Å²) < 4.78 is 26.9. The van der Waals surface area contributed by atoms with Crippen LogP contribution in [0.2, 0.25) is 0 Å². The Balaban J connectivity index is 1.56. The first-order chi connectivity index (χ1) is 10.6. The van der Waals surface area contributed by atoms with E-state index in [0.29, 0.717) is 30.7 Å². The molecule has 2 fully saturated rings. The van der Waals surface area contributed by atoms with Crippen LogP contribution in [0.3, 0.4) is 0 Å². The van der Waals surface area contributed by atoms with E-state index in [1.165, 1.54) is 19.3 Å². The van der Waals surface area contributed by atoms with Crippen LogP contribution in [0.5, 0.6) is 0 Å². The highest BCUT2D eigenvalue weighted by Gasteiger charge is 2.31. The zero-order valence-electron chi connectivity index (χ0n) is 13.0. The first-order valence-corrected chi connectivity index (χ1v) is 10.00. The molecule has 122 valence electrons. The van der Waals surface area contributed by atoms with E-state index in [1.807, 2.05) is 6.07 Å². The highest BCUT2D eigenvalue weighted by Crippen LogP contribution is 2.30. The summed E-state index contributed by atoms with van der Waals surface area (Å²) in [4.78, 5) is 8.25. The number of rotatable bonds is 4. The summed E-state index contributed by atoms with van der Waals surface area (Å²) in [5, 5.41) is 0. The lowest BCUT2D eigenvalue weighted by Gasteiger charge is -2.32. The summed E-state index contributed by atoms with van der Waals surface area (Å²) in [6, 6.07) is 1.94. The Bertz CT molecular complexity index is 562. The highest BCUT2D eigenvalue weighted by molar-refractivity contribution is 7.89. The molecule has 1 aliphatic heterocycles. The van der Waals surface area contributed by atoms with E-state index >= 15 is 0 Å². The molecule has 0 bridgehead atoms. The van der Waals surface area contributed by atoms with Crippen molar-refractivity contribution in [2.45, 2.75) is 50.9 Å². The minimum Gasteiger partial charge on any atom is -0.245 e. The van der Waals surface area contributed by atoms with Crippen LogP contribution in [0.25, 0.3) is 0 Å². The Morgan fingerprint density at radius 2 is 1.82 bits per heavy atom. The molecule has 1 aromatic heterocycles. The van der Waals surface area contributed by atoms with Crippen LogP contribution in [0.4, 0.5) is 0 Å². The number of nitrogens with zero attached hydrogens (tertiary/aromatic N) is 3. The van der Waals surface area contributed by atoms with E-state index in [4.69, 9.17) is 0 Å². The molecule has 1 aliphatic carbocycles. The number of sulfonamides is 1. The minimum atomic E-state index is -3.09. The van der Waals surface area contributed by atoms with Crippen LogP contribution >= 0.6 is 0 Å². The third kappa shape index (κ3) is 3.84. The summed E-state index contributed by atoms with van der Waals surface area (Å²) >= 11 is 0. The second-order valence-corrected chi connectivity index (χ2v) is 8.60. The maximum atomic E-state index is 12.6. The van der Waals surface area contributed by atoms with Crippen molar-refractivity contribution in [2.75, 3.05) is 18.8 Å². The molecule has 1 aromatic rings. The van der Waals surface area contributed by atoms with Crippen molar-refractivity contribution in [1.29, 1.82) is 0 Å². The fourth-order valence-corrected chi connectivity index (χ4v) is 5.64. The molecular formula is C16H25N3O2S. The predicted octanol–water partition coefficient (Wildman–Crippen LogP) is 2.57. The van der Waals surface area contributed by atoms with Crippen molar-refractivity contribution in [3.05, 3.63) is 24.3 Å². The lowest BCUT2D eigenvalue weighted by molar-refractivity contribution is 0.309. The monoisotopic (exact) mass is 323 g/mol. The SMILES string of the molecule is O=S(=O)(CC1CCCCC1)N1CCC(c2ccncn2)CC1. The van der Waals surface area contributed by atoms with E-state index in [9.17, 15) is 8.42 Å². The molecule has 0 unspecified atom stereocenters. The molecule has 2 aliphatic rings. The Hall–Kier alpha value is -1.01. The van der Waals surface area contributed by atoms with Gasteiger partial charge in [-0.25, -0.2) is 22.7 Å². The van der Waals surface area contributed by atoms with Gasteiger partial charge in [-0.2, -0.15) is 0 Å². The van der Waals surface area contributed by atoms with Gasteiger partial charge in [0, 0.05) is 30.9 Å². The molecule has 0 N–H and O–H groups in total. The number of hydrogen-bond donors (Lipinski definition) is 0. The molecule has 6 heteroatoms. The predicted molar refractivity (Wildman–Crippen MR) is 85.9 cm³/mol. The van der Waals surface area contributed by atoms with Gasteiger partial charge < -0.3 is 0 Å². The maximum absolute atomic E-state index is 12.6. The van der Waals surface area contributed by atoms with Gasteiger partial charge in [0.15, 0.2) is 0 Å². The second kappa shape index (κ2) is 7.04. The van der Waals surface area contributed by atoms with Gasteiger partial charge in [0.25, 0.3) is 0 Å². The second-order valence-electron chi connectivity index (χ2n) is 6.59. The van der Waals surface area contributed by atoms with Crippen LogP contribution in [-0.2, 0) is 10.0 Å². The van der Waals surface area contributed by atoms with E-state index in [-0.39, 0.29) is 0 Å². The van der Waals surface area contributed by atoms with Crippen LogP contribution in [0.15, 0.2) is 18.6 Å². The third-order valence-corrected chi connectivity index (χ3v) is 7.09. The Morgan fingerprint density at radius 3 is 2.45 bits per heavy atom. The molecule has 1 saturated carbocycles. The molecule has 2 heterocycles. The van der Waals surface area contributed by atoms with Crippen LogP contribution in [-0.4, -0.2) is 41.5 Å². The number of aromatic nitrogens is 2. The molecule has 0 spiro atoms. The van der Waals surface area contributed by atoms with Crippen LogP contribution in [0.1, 0.15) is 56.6 Å². The van der Waals surface area contributed by atoms with Crippen LogP contribution < -0.4 is 0 Å². The zero-order valence-corrected chi connectivity index (χ0v) is 13.8. The van der Waals surface area contributed by atoms with Gasteiger partial charge in [0.2, 0.25) is 10.0 Å². The first-order valence-electron chi connectivity index (χ1n) is 8.39. The van der Waals surface area contributed by atoms with Crippen molar-refractivity contribution in [2.24, 2.45) is 5.92 Å². The summed E-state index contributed by atoms with van der Waals surface area (Å²) in [7, 11) is -3.09. The summed E-state index contributed by atoms with van der Waals surface area (Å²) in [6.07, 6.45) is 10.9. The van der Waals surface area contributed by atoms with Gasteiger partial charge >= 0.3 is 0 Å². The standard InChI is InChI=1S/C16H25N3O2S/c20-22(21,12-14-4-2-1-3-5-14)19-10-7-15(8-11-19)16-6-9-17-13-18-16/h6,9,13-15H,1-5,7-8,10-12H2. The largest absolute Gasteiger partial charge is 0.245 e.